The highest BCUT2D eigenvalue weighted by Crippen LogP contribution is 2.21. The van der Waals surface area contributed by atoms with Crippen molar-refractivity contribution >= 4 is 16.5 Å². The highest BCUT2D eigenvalue weighted by molar-refractivity contribution is 7.85. The van der Waals surface area contributed by atoms with Crippen LogP contribution in [0.1, 0.15) is 6.42 Å². The highest BCUT2D eigenvalue weighted by atomic mass is 32.2. The van der Waals surface area contributed by atoms with Gasteiger partial charge in [-0.3, -0.25) is 4.21 Å². The molecule has 0 saturated carbocycles. The van der Waals surface area contributed by atoms with Crippen LogP contribution in [0.25, 0.3) is 0 Å². The Bertz CT molecular complexity index is 469. The number of hydrogen-bond acceptors (Lipinski definition) is 3. The van der Waals surface area contributed by atoms with Gasteiger partial charge < -0.3 is 10.5 Å². The van der Waals surface area contributed by atoms with E-state index in [0.29, 0.717) is 0 Å². The second-order valence-corrected chi connectivity index (χ2v) is 5.39. The van der Waals surface area contributed by atoms with Crippen molar-refractivity contribution in [3.05, 3.63) is 23.8 Å². The van der Waals surface area contributed by atoms with Gasteiger partial charge >= 0.3 is 6.18 Å². The lowest BCUT2D eigenvalue weighted by Crippen LogP contribution is -2.18. The molecule has 1 atom stereocenters. The Morgan fingerprint density at radius 2 is 1.75 bits per heavy atom. The molecule has 0 aromatic heterocycles. The minimum absolute atomic E-state index is 0.0219. The fourth-order valence-corrected chi connectivity index (χ4v) is 2.52. The average molecular weight is 317 g/mol. The summed E-state index contributed by atoms with van der Waals surface area (Å²) in [6.45, 7) is -1.71. The molecule has 0 aliphatic heterocycles. The van der Waals surface area contributed by atoms with Crippen LogP contribution >= 0.6 is 0 Å². The summed E-state index contributed by atoms with van der Waals surface area (Å²) in [7, 11) is -2.01. The fourth-order valence-electron chi connectivity index (χ4n) is 1.38. The molecule has 9 heteroatoms. The third kappa shape index (κ3) is 5.41. The third-order valence-corrected chi connectivity index (χ3v) is 3.64. The molecule has 0 aliphatic carbocycles. The number of alkyl halides is 3. The first-order valence-corrected chi connectivity index (χ1v) is 6.80. The second kappa shape index (κ2) is 6.98. The Hall–Kier alpha value is -1.22. The van der Waals surface area contributed by atoms with E-state index < -0.39 is 40.1 Å². The van der Waals surface area contributed by atoms with Crippen LogP contribution in [0.5, 0.6) is 0 Å². The molecule has 0 spiro atoms. The van der Waals surface area contributed by atoms with Crippen molar-refractivity contribution in [2.24, 2.45) is 0 Å². The van der Waals surface area contributed by atoms with Crippen molar-refractivity contribution in [1.29, 1.82) is 0 Å². The number of hydrogen-bond donors (Lipinski definition) is 1. The monoisotopic (exact) mass is 317 g/mol. The van der Waals surface area contributed by atoms with Gasteiger partial charge in [0.1, 0.15) is 23.1 Å². The summed E-state index contributed by atoms with van der Waals surface area (Å²) in [5.74, 6) is -2.30. The van der Waals surface area contributed by atoms with Crippen molar-refractivity contribution in [3.8, 4) is 0 Å². The molecule has 1 aromatic rings. The maximum absolute atomic E-state index is 13.4. The van der Waals surface area contributed by atoms with Crippen LogP contribution in [-0.4, -0.2) is 29.4 Å². The highest BCUT2D eigenvalue weighted by Gasteiger charge is 2.27. The van der Waals surface area contributed by atoms with Crippen LogP contribution in [-0.2, 0) is 15.5 Å². The molecule has 0 saturated heterocycles. The summed E-state index contributed by atoms with van der Waals surface area (Å²) >= 11 is 0. The van der Waals surface area contributed by atoms with Gasteiger partial charge in [-0.25, -0.2) is 8.78 Å². The molecular formula is C11H12F5NO2S. The molecule has 0 amide bonds. The lowest BCUT2D eigenvalue weighted by atomic mass is 10.3. The predicted molar refractivity (Wildman–Crippen MR) is 63.5 cm³/mol. The minimum atomic E-state index is -4.44. The predicted octanol–water partition coefficient (Wildman–Crippen LogP) is 2.62. The number of halogens is 5. The van der Waals surface area contributed by atoms with Crippen LogP contribution < -0.4 is 5.73 Å². The minimum Gasteiger partial charge on any atom is -0.399 e. The van der Waals surface area contributed by atoms with Gasteiger partial charge in [0.05, 0.1) is 10.8 Å². The molecule has 0 radical (unpaired) electrons. The van der Waals surface area contributed by atoms with Gasteiger partial charge in [-0.1, -0.05) is 0 Å². The molecule has 1 rings (SSSR count). The first-order chi connectivity index (χ1) is 9.20. The summed E-state index contributed by atoms with van der Waals surface area (Å²) in [5, 5.41) is 0. The average Bonchev–Trinajstić information content (AvgIpc) is 2.25. The number of rotatable bonds is 6. The van der Waals surface area contributed by atoms with E-state index in [4.69, 9.17) is 5.73 Å². The summed E-state index contributed by atoms with van der Waals surface area (Å²) in [4.78, 5) is -0.630. The Morgan fingerprint density at radius 3 is 2.25 bits per heavy atom. The van der Waals surface area contributed by atoms with Crippen molar-refractivity contribution < 1.29 is 30.9 Å². The molecule has 20 heavy (non-hydrogen) atoms. The molecule has 114 valence electrons. The van der Waals surface area contributed by atoms with Gasteiger partial charge in [0.2, 0.25) is 0 Å². The molecule has 2 N–H and O–H groups in total. The molecule has 0 fully saturated rings. The summed E-state index contributed by atoms with van der Waals surface area (Å²) in [6, 6.07) is 1.66. The Morgan fingerprint density at radius 1 is 1.20 bits per heavy atom. The fraction of sp³-hybridized carbons (Fsp3) is 0.455. The lowest BCUT2D eigenvalue weighted by Gasteiger charge is -2.08. The third-order valence-electron chi connectivity index (χ3n) is 2.13. The van der Waals surface area contributed by atoms with Gasteiger partial charge in [-0.05, 0) is 18.6 Å². The van der Waals surface area contributed by atoms with Crippen LogP contribution in [0.4, 0.5) is 27.6 Å². The van der Waals surface area contributed by atoms with Crippen molar-refractivity contribution in [1.82, 2.24) is 0 Å². The Balaban J connectivity index is 2.48. The van der Waals surface area contributed by atoms with Crippen molar-refractivity contribution in [2.75, 3.05) is 24.7 Å². The largest absolute Gasteiger partial charge is 0.411 e. The van der Waals surface area contributed by atoms with E-state index in [1.54, 1.807) is 0 Å². The number of nitrogen functional groups attached to an aromatic ring is 1. The van der Waals surface area contributed by atoms with Gasteiger partial charge in [-0.2, -0.15) is 13.2 Å². The van der Waals surface area contributed by atoms with E-state index in [1.807, 2.05) is 0 Å². The first-order valence-electron chi connectivity index (χ1n) is 5.48. The van der Waals surface area contributed by atoms with Gasteiger partial charge in [0, 0.05) is 18.0 Å². The number of anilines is 1. The van der Waals surface area contributed by atoms with Crippen LogP contribution in [0.15, 0.2) is 17.0 Å². The lowest BCUT2D eigenvalue weighted by molar-refractivity contribution is -0.173. The quantitative estimate of drug-likeness (QED) is 0.498. The Kier molecular flexibility index (Phi) is 5.88. The summed E-state index contributed by atoms with van der Waals surface area (Å²) in [5.41, 5.74) is 5.06. The van der Waals surface area contributed by atoms with E-state index in [-0.39, 0.29) is 24.5 Å². The first kappa shape index (κ1) is 16.8. The SMILES string of the molecule is Nc1cc(F)c(S(=O)CCCOCC(F)(F)F)c(F)c1. The van der Waals surface area contributed by atoms with Gasteiger partial charge in [-0.15, -0.1) is 0 Å². The molecule has 0 bridgehead atoms. The molecule has 0 aliphatic rings. The summed E-state index contributed by atoms with van der Waals surface area (Å²) < 4.78 is 78.0. The second-order valence-electron chi connectivity index (χ2n) is 3.88. The zero-order valence-electron chi connectivity index (χ0n) is 10.2. The van der Waals surface area contributed by atoms with E-state index in [1.165, 1.54) is 0 Å². The Labute approximate surface area is 114 Å². The molecular weight excluding hydrogens is 305 g/mol. The zero-order valence-corrected chi connectivity index (χ0v) is 11.0. The molecule has 3 nitrogen and oxygen atoms in total. The molecule has 1 aromatic carbocycles. The smallest absolute Gasteiger partial charge is 0.399 e. The van der Waals surface area contributed by atoms with Gasteiger partial charge in [0.15, 0.2) is 0 Å². The van der Waals surface area contributed by atoms with E-state index in [2.05, 4.69) is 4.74 Å². The van der Waals surface area contributed by atoms with Crippen molar-refractivity contribution in [2.45, 2.75) is 17.5 Å². The summed E-state index contributed by atoms with van der Waals surface area (Å²) in [6.07, 6.45) is -4.46. The van der Waals surface area contributed by atoms with Crippen LogP contribution in [0, 0.1) is 11.6 Å². The number of nitrogens with two attached hydrogens (primary N) is 1. The topological polar surface area (TPSA) is 52.3 Å². The van der Waals surface area contributed by atoms with Gasteiger partial charge in [0.25, 0.3) is 0 Å². The molecule has 1 unspecified atom stereocenters. The van der Waals surface area contributed by atoms with E-state index >= 15 is 0 Å². The zero-order chi connectivity index (χ0) is 15.3. The number of benzene rings is 1. The maximum Gasteiger partial charge on any atom is 0.411 e. The molecule has 0 heterocycles. The van der Waals surface area contributed by atoms with Crippen LogP contribution in [0.2, 0.25) is 0 Å². The number of ether oxygens (including phenoxy) is 1. The van der Waals surface area contributed by atoms with E-state index in [9.17, 15) is 26.2 Å². The standard InChI is InChI=1S/C11H12F5NO2S/c12-8-4-7(17)5-9(13)10(8)20(18)3-1-2-19-6-11(14,15)16/h4-5H,1-3,6,17H2. The van der Waals surface area contributed by atoms with E-state index in [0.717, 1.165) is 12.1 Å². The van der Waals surface area contributed by atoms with Crippen molar-refractivity contribution in [3.63, 3.8) is 0 Å². The maximum atomic E-state index is 13.4. The van der Waals surface area contributed by atoms with Crippen LogP contribution in [0.3, 0.4) is 0 Å². The normalized spacial score (nSPS) is 13.4.